The average Bonchev–Trinajstić information content (AvgIpc) is 3.36. The molecular formula is C16H28F3N5O. The average molecular weight is 363 g/mol. The topological polar surface area (TPSA) is 60.0 Å². The van der Waals surface area contributed by atoms with E-state index >= 15 is 0 Å². The van der Waals surface area contributed by atoms with Crippen molar-refractivity contribution in [1.82, 2.24) is 20.4 Å². The van der Waals surface area contributed by atoms with Gasteiger partial charge in [-0.15, -0.1) is 0 Å². The number of carbonyl (C=O) groups is 1. The first-order valence-corrected chi connectivity index (χ1v) is 8.88. The fraction of sp³-hybridized carbons (Fsp3) is 0.875. The molecule has 0 bridgehead atoms. The summed E-state index contributed by atoms with van der Waals surface area (Å²) >= 11 is 0. The second-order valence-corrected chi connectivity index (χ2v) is 6.75. The van der Waals surface area contributed by atoms with Crippen molar-refractivity contribution in [3.63, 3.8) is 0 Å². The summed E-state index contributed by atoms with van der Waals surface area (Å²) in [6.07, 6.45) is 0.212. The van der Waals surface area contributed by atoms with Crippen LogP contribution in [0.2, 0.25) is 0 Å². The van der Waals surface area contributed by atoms with Gasteiger partial charge in [0.25, 0.3) is 0 Å². The SMILES string of the molecule is CCNC(=NCC(=O)N(C)CC(F)(F)F)NC1CCN(C2CC2)CC1. The van der Waals surface area contributed by atoms with Crippen LogP contribution in [0.4, 0.5) is 13.2 Å². The minimum atomic E-state index is -4.40. The number of likely N-dealkylation sites (N-methyl/N-ethyl adjacent to an activating group) is 1. The molecule has 9 heteroatoms. The Morgan fingerprint density at radius 1 is 1.24 bits per heavy atom. The van der Waals surface area contributed by atoms with E-state index in [1.807, 2.05) is 6.92 Å². The van der Waals surface area contributed by atoms with Crippen molar-refractivity contribution in [2.24, 2.45) is 4.99 Å². The monoisotopic (exact) mass is 363 g/mol. The van der Waals surface area contributed by atoms with E-state index in [1.165, 1.54) is 12.8 Å². The molecular weight excluding hydrogens is 335 g/mol. The van der Waals surface area contributed by atoms with E-state index in [0.29, 0.717) is 17.4 Å². The largest absolute Gasteiger partial charge is 0.406 e. The van der Waals surface area contributed by atoms with Gasteiger partial charge in [-0.2, -0.15) is 13.2 Å². The minimum Gasteiger partial charge on any atom is -0.357 e. The van der Waals surface area contributed by atoms with Gasteiger partial charge in [0.1, 0.15) is 13.1 Å². The smallest absolute Gasteiger partial charge is 0.357 e. The summed E-state index contributed by atoms with van der Waals surface area (Å²) < 4.78 is 37.0. The Hall–Kier alpha value is -1.51. The molecule has 144 valence electrons. The molecule has 2 fully saturated rings. The van der Waals surface area contributed by atoms with E-state index in [9.17, 15) is 18.0 Å². The number of aliphatic imine (C=N–C) groups is 1. The van der Waals surface area contributed by atoms with Crippen LogP contribution < -0.4 is 10.6 Å². The number of halogens is 3. The normalized spacial score (nSPS) is 20.4. The zero-order valence-electron chi connectivity index (χ0n) is 14.9. The Labute approximate surface area is 146 Å². The summed E-state index contributed by atoms with van der Waals surface area (Å²) in [5.41, 5.74) is 0. The number of rotatable bonds is 6. The zero-order valence-corrected chi connectivity index (χ0v) is 14.9. The maximum atomic E-state index is 12.3. The molecule has 0 radical (unpaired) electrons. The second-order valence-electron chi connectivity index (χ2n) is 6.75. The van der Waals surface area contributed by atoms with Crippen molar-refractivity contribution in [3.8, 4) is 0 Å². The van der Waals surface area contributed by atoms with Crippen LogP contribution in [0.1, 0.15) is 32.6 Å². The van der Waals surface area contributed by atoms with Crippen LogP contribution in [0.15, 0.2) is 4.99 Å². The van der Waals surface area contributed by atoms with Gasteiger partial charge in [-0.3, -0.25) is 4.79 Å². The molecule has 1 amide bonds. The standard InChI is InChI=1S/C16H28F3N5O/c1-3-20-15(21-10-14(25)23(2)11-16(17,18)19)22-12-6-8-24(9-7-12)13-4-5-13/h12-13H,3-11H2,1-2H3,(H2,20,21,22). The van der Waals surface area contributed by atoms with Crippen molar-refractivity contribution in [3.05, 3.63) is 0 Å². The summed E-state index contributed by atoms with van der Waals surface area (Å²) in [5.74, 6) is -0.167. The number of piperidine rings is 1. The van der Waals surface area contributed by atoms with Gasteiger partial charge >= 0.3 is 6.18 Å². The quantitative estimate of drug-likeness (QED) is 0.550. The highest BCUT2D eigenvalue weighted by atomic mass is 19.4. The van der Waals surface area contributed by atoms with Crippen LogP contribution in [-0.4, -0.2) is 79.7 Å². The number of guanidine groups is 1. The lowest BCUT2D eigenvalue weighted by atomic mass is 10.1. The fourth-order valence-electron chi connectivity index (χ4n) is 2.99. The van der Waals surface area contributed by atoms with Crippen LogP contribution in [-0.2, 0) is 4.79 Å². The number of hydrogen-bond donors (Lipinski definition) is 2. The van der Waals surface area contributed by atoms with Crippen LogP contribution in [0, 0.1) is 0 Å². The second kappa shape index (κ2) is 8.73. The molecule has 0 atom stereocenters. The van der Waals surface area contributed by atoms with Gasteiger partial charge in [0.05, 0.1) is 0 Å². The number of hydrogen-bond acceptors (Lipinski definition) is 3. The molecule has 25 heavy (non-hydrogen) atoms. The maximum Gasteiger partial charge on any atom is 0.406 e. The number of nitrogens with zero attached hydrogens (tertiary/aromatic N) is 3. The van der Waals surface area contributed by atoms with Crippen LogP contribution in [0.5, 0.6) is 0 Å². The van der Waals surface area contributed by atoms with Crippen molar-refractivity contribution in [2.45, 2.75) is 50.9 Å². The fourth-order valence-corrected chi connectivity index (χ4v) is 2.99. The molecule has 2 rings (SSSR count). The van der Waals surface area contributed by atoms with E-state index in [4.69, 9.17) is 0 Å². The summed E-state index contributed by atoms with van der Waals surface area (Å²) in [6, 6.07) is 1.04. The van der Waals surface area contributed by atoms with Gasteiger partial charge < -0.3 is 20.4 Å². The minimum absolute atomic E-state index is 0.274. The van der Waals surface area contributed by atoms with Gasteiger partial charge in [0, 0.05) is 38.8 Å². The number of carbonyl (C=O) groups excluding carboxylic acids is 1. The van der Waals surface area contributed by atoms with E-state index in [0.717, 1.165) is 39.0 Å². The van der Waals surface area contributed by atoms with Crippen molar-refractivity contribution in [2.75, 3.05) is 39.8 Å². The lowest BCUT2D eigenvalue weighted by molar-refractivity contribution is -0.157. The van der Waals surface area contributed by atoms with Gasteiger partial charge in [0.15, 0.2) is 5.96 Å². The third-order valence-corrected chi connectivity index (χ3v) is 4.49. The third kappa shape index (κ3) is 7.09. The van der Waals surface area contributed by atoms with E-state index in [2.05, 4.69) is 20.5 Å². The highest BCUT2D eigenvalue weighted by Gasteiger charge is 2.32. The first-order chi connectivity index (χ1) is 11.8. The van der Waals surface area contributed by atoms with Crippen molar-refractivity contribution in [1.29, 1.82) is 0 Å². The molecule has 1 aliphatic carbocycles. The Morgan fingerprint density at radius 2 is 1.88 bits per heavy atom. The lowest BCUT2D eigenvalue weighted by Crippen LogP contribution is -2.49. The van der Waals surface area contributed by atoms with E-state index in [1.54, 1.807) is 0 Å². The Morgan fingerprint density at radius 3 is 2.40 bits per heavy atom. The predicted molar refractivity (Wildman–Crippen MR) is 90.4 cm³/mol. The highest BCUT2D eigenvalue weighted by Crippen LogP contribution is 2.29. The van der Waals surface area contributed by atoms with E-state index in [-0.39, 0.29) is 12.6 Å². The van der Waals surface area contributed by atoms with Crippen molar-refractivity contribution >= 4 is 11.9 Å². The van der Waals surface area contributed by atoms with Crippen LogP contribution in [0.25, 0.3) is 0 Å². The maximum absolute atomic E-state index is 12.3. The molecule has 0 spiro atoms. The van der Waals surface area contributed by atoms with Gasteiger partial charge in [0.2, 0.25) is 5.91 Å². The lowest BCUT2D eigenvalue weighted by Gasteiger charge is -2.33. The Kier molecular flexibility index (Phi) is 6.92. The van der Waals surface area contributed by atoms with Crippen LogP contribution in [0.3, 0.4) is 0 Å². The predicted octanol–water partition coefficient (Wildman–Crippen LogP) is 1.19. The van der Waals surface area contributed by atoms with E-state index < -0.39 is 18.6 Å². The number of alkyl halides is 3. The van der Waals surface area contributed by atoms with Gasteiger partial charge in [-0.1, -0.05) is 0 Å². The third-order valence-electron chi connectivity index (χ3n) is 4.49. The molecule has 0 aromatic heterocycles. The number of amides is 1. The molecule has 1 heterocycles. The molecule has 0 aromatic rings. The summed E-state index contributed by atoms with van der Waals surface area (Å²) in [5, 5.41) is 6.35. The highest BCUT2D eigenvalue weighted by molar-refractivity contribution is 5.85. The number of nitrogens with one attached hydrogen (secondary N) is 2. The van der Waals surface area contributed by atoms with Crippen LogP contribution >= 0.6 is 0 Å². The molecule has 2 N–H and O–H groups in total. The molecule has 2 aliphatic rings. The Bertz CT molecular complexity index is 471. The molecule has 6 nitrogen and oxygen atoms in total. The molecule has 1 saturated heterocycles. The molecule has 0 aromatic carbocycles. The van der Waals surface area contributed by atoms with Crippen molar-refractivity contribution < 1.29 is 18.0 Å². The van der Waals surface area contributed by atoms with Gasteiger partial charge in [-0.25, -0.2) is 4.99 Å². The summed E-state index contributed by atoms with van der Waals surface area (Å²) in [4.78, 5) is 19.1. The first kappa shape index (κ1) is 19.8. The molecule has 1 aliphatic heterocycles. The zero-order chi connectivity index (χ0) is 18.4. The molecule has 1 saturated carbocycles. The summed E-state index contributed by atoms with van der Waals surface area (Å²) in [7, 11) is 1.14. The first-order valence-electron chi connectivity index (χ1n) is 8.88. The van der Waals surface area contributed by atoms with Gasteiger partial charge in [-0.05, 0) is 32.6 Å². The molecule has 0 unspecified atom stereocenters. The summed E-state index contributed by atoms with van der Waals surface area (Å²) in [6.45, 7) is 3.07. The number of likely N-dealkylation sites (tertiary alicyclic amines) is 1. The Balaban J connectivity index is 1.80.